The molecule has 5 rings (SSSR count). The molecule has 0 unspecified atom stereocenters. The number of anilines is 1. The van der Waals surface area contributed by atoms with Gasteiger partial charge < -0.3 is 15.1 Å². The van der Waals surface area contributed by atoms with Crippen LogP contribution in [-0.2, 0) is 17.6 Å². The lowest BCUT2D eigenvalue weighted by atomic mass is 9.95. The van der Waals surface area contributed by atoms with Gasteiger partial charge in [-0.1, -0.05) is 30.3 Å². The standard InChI is InChI=1S/C23H29N5O/c29-23(27-14-11-24-12-15-27)18-8-5-13-28(16-18)22-19-9-4-10-20(19)25-21(26-22)17-6-2-1-3-7-17/h1-3,6-7,18,24H,4-5,8-16H2/t18-/m1/s1. The van der Waals surface area contributed by atoms with E-state index in [1.54, 1.807) is 0 Å². The first-order chi connectivity index (χ1) is 14.3. The highest BCUT2D eigenvalue weighted by atomic mass is 16.2. The van der Waals surface area contributed by atoms with E-state index in [-0.39, 0.29) is 5.92 Å². The fourth-order valence-electron chi connectivity index (χ4n) is 4.91. The number of nitrogens with zero attached hydrogens (tertiary/aromatic N) is 4. The van der Waals surface area contributed by atoms with Crippen LogP contribution in [0.2, 0.25) is 0 Å². The summed E-state index contributed by atoms with van der Waals surface area (Å²) >= 11 is 0. The number of hydrogen-bond acceptors (Lipinski definition) is 5. The number of piperazine rings is 1. The molecule has 3 aliphatic rings. The lowest BCUT2D eigenvalue weighted by Crippen LogP contribution is -2.51. The minimum absolute atomic E-state index is 0.0778. The molecule has 29 heavy (non-hydrogen) atoms. The minimum atomic E-state index is 0.0778. The topological polar surface area (TPSA) is 61.4 Å². The fraction of sp³-hybridized carbons (Fsp3) is 0.522. The number of hydrogen-bond donors (Lipinski definition) is 1. The number of nitrogens with one attached hydrogen (secondary N) is 1. The van der Waals surface area contributed by atoms with Crippen LogP contribution in [-0.4, -0.2) is 60.0 Å². The molecule has 6 heteroatoms. The number of carbonyl (C=O) groups is 1. The maximum atomic E-state index is 13.1. The Kier molecular flexibility index (Phi) is 5.19. The Bertz CT molecular complexity index is 878. The molecule has 2 saturated heterocycles. The van der Waals surface area contributed by atoms with Crippen molar-refractivity contribution in [2.45, 2.75) is 32.1 Å². The van der Waals surface area contributed by atoms with Crippen LogP contribution in [0.1, 0.15) is 30.5 Å². The molecule has 2 aromatic rings. The second kappa shape index (κ2) is 8.11. The van der Waals surface area contributed by atoms with Gasteiger partial charge in [0.05, 0.1) is 5.92 Å². The monoisotopic (exact) mass is 391 g/mol. The first kappa shape index (κ1) is 18.6. The van der Waals surface area contributed by atoms with Crippen molar-refractivity contribution in [2.24, 2.45) is 5.92 Å². The molecule has 2 fully saturated rings. The van der Waals surface area contributed by atoms with E-state index in [0.717, 1.165) is 88.6 Å². The second-order valence-corrected chi connectivity index (χ2v) is 8.38. The summed E-state index contributed by atoms with van der Waals surface area (Å²) in [5, 5.41) is 3.34. The minimum Gasteiger partial charge on any atom is -0.355 e. The summed E-state index contributed by atoms with van der Waals surface area (Å²) in [5.74, 6) is 2.29. The zero-order valence-electron chi connectivity index (χ0n) is 16.9. The van der Waals surface area contributed by atoms with E-state index in [0.29, 0.717) is 5.91 Å². The van der Waals surface area contributed by atoms with Gasteiger partial charge in [-0.15, -0.1) is 0 Å². The highest BCUT2D eigenvalue weighted by Crippen LogP contribution is 2.33. The molecule has 1 aliphatic carbocycles. The van der Waals surface area contributed by atoms with Gasteiger partial charge in [0.1, 0.15) is 5.82 Å². The molecule has 1 atom stereocenters. The van der Waals surface area contributed by atoms with Gasteiger partial charge >= 0.3 is 0 Å². The molecule has 0 spiro atoms. The fourth-order valence-corrected chi connectivity index (χ4v) is 4.91. The third-order valence-electron chi connectivity index (χ3n) is 6.44. The van der Waals surface area contributed by atoms with E-state index < -0.39 is 0 Å². The normalized spacial score (nSPS) is 21.9. The molecule has 1 aromatic carbocycles. The third-order valence-corrected chi connectivity index (χ3v) is 6.44. The average Bonchev–Trinajstić information content (AvgIpc) is 3.28. The number of aryl methyl sites for hydroxylation is 1. The zero-order chi connectivity index (χ0) is 19.6. The Morgan fingerprint density at radius 1 is 1.00 bits per heavy atom. The van der Waals surface area contributed by atoms with Gasteiger partial charge in [-0.25, -0.2) is 9.97 Å². The quantitative estimate of drug-likeness (QED) is 0.870. The summed E-state index contributed by atoms with van der Waals surface area (Å²) in [7, 11) is 0. The average molecular weight is 392 g/mol. The lowest BCUT2D eigenvalue weighted by molar-refractivity contribution is -0.136. The summed E-state index contributed by atoms with van der Waals surface area (Å²) in [6.45, 7) is 5.22. The van der Waals surface area contributed by atoms with Crippen LogP contribution in [0.4, 0.5) is 5.82 Å². The van der Waals surface area contributed by atoms with Gasteiger partial charge in [-0.2, -0.15) is 0 Å². The van der Waals surface area contributed by atoms with Crippen LogP contribution >= 0.6 is 0 Å². The zero-order valence-corrected chi connectivity index (χ0v) is 16.9. The maximum absolute atomic E-state index is 13.1. The lowest BCUT2D eigenvalue weighted by Gasteiger charge is -2.37. The van der Waals surface area contributed by atoms with E-state index in [4.69, 9.17) is 9.97 Å². The Morgan fingerprint density at radius 3 is 2.66 bits per heavy atom. The van der Waals surface area contributed by atoms with E-state index in [1.807, 2.05) is 23.1 Å². The first-order valence-corrected chi connectivity index (χ1v) is 11.0. The van der Waals surface area contributed by atoms with Crippen molar-refractivity contribution in [2.75, 3.05) is 44.2 Å². The van der Waals surface area contributed by atoms with Crippen molar-refractivity contribution in [1.29, 1.82) is 0 Å². The number of aromatic nitrogens is 2. The molecule has 1 N–H and O–H groups in total. The van der Waals surface area contributed by atoms with Crippen molar-refractivity contribution in [3.8, 4) is 11.4 Å². The highest BCUT2D eigenvalue weighted by Gasteiger charge is 2.32. The van der Waals surface area contributed by atoms with E-state index in [9.17, 15) is 4.79 Å². The molecule has 0 bridgehead atoms. The maximum Gasteiger partial charge on any atom is 0.227 e. The highest BCUT2D eigenvalue weighted by molar-refractivity contribution is 5.80. The van der Waals surface area contributed by atoms with Crippen LogP contribution in [0.15, 0.2) is 30.3 Å². The summed E-state index contributed by atoms with van der Waals surface area (Å²) in [4.78, 5) is 27.4. The SMILES string of the molecule is O=C([C@@H]1CCCN(c2nc(-c3ccccc3)nc3c2CCC3)C1)N1CCNCC1. The van der Waals surface area contributed by atoms with E-state index in [2.05, 4.69) is 22.3 Å². The molecule has 2 aliphatic heterocycles. The Hall–Kier alpha value is -2.47. The van der Waals surface area contributed by atoms with Crippen molar-refractivity contribution in [3.63, 3.8) is 0 Å². The van der Waals surface area contributed by atoms with Crippen molar-refractivity contribution in [3.05, 3.63) is 41.6 Å². The number of benzene rings is 1. The van der Waals surface area contributed by atoms with E-state index in [1.165, 1.54) is 11.3 Å². The van der Waals surface area contributed by atoms with Gasteiger partial charge in [0.15, 0.2) is 5.82 Å². The number of piperidine rings is 1. The summed E-state index contributed by atoms with van der Waals surface area (Å²) in [6.07, 6.45) is 5.25. The molecule has 0 saturated carbocycles. The van der Waals surface area contributed by atoms with Crippen LogP contribution in [0.3, 0.4) is 0 Å². The summed E-state index contributed by atoms with van der Waals surface area (Å²) in [5.41, 5.74) is 3.57. The van der Waals surface area contributed by atoms with Crippen LogP contribution in [0.5, 0.6) is 0 Å². The predicted molar refractivity (Wildman–Crippen MR) is 114 cm³/mol. The molecule has 1 amide bonds. The third kappa shape index (κ3) is 3.73. The van der Waals surface area contributed by atoms with Crippen LogP contribution in [0.25, 0.3) is 11.4 Å². The molecular formula is C23H29N5O. The van der Waals surface area contributed by atoms with Gasteiger partial charge in [0.2, 0.25) is 5.91 Å². The Balaban J connectivity index is 1.42. The van der Waals surface area contributed by atoms with Crippen molar-refractivity contribution < 1.29 is 4.79 Å². The number of carbonyl (C=O) groups excluding carboxylic acids is 1. The first-order valence-electron chi connectivity index (χ1n) is 11.0. The number of rotatable bonds is 3. The number of amides is 1. The smallest absolute Gasteiger partial charge is 0.227 e. The summed E-state index contributed by atoms with van der Waals surface area (Å²) < 4.78 is 0. The van der Waals surface area contributed by atoms with Gasteiger partial charge in [-0.3, -0.25) is 4.79 Å². The summed E-state index contributed by atoms with van der Waals surface area (Å²) in [6, 6.07) is 10.2. The molecule has 3 heterocycles. The van der Waals surface area contributed by atoms with Crippen LogP contribution in [0, 0.1) is 5.92 Å². The Morgan fingerprint density at radius 2 is 1.83 bits per heavy atom. The second-order valence-electron chi connectivity index (χ2n) is 8.38. The molecule has 1 aromatic heterocycles. The molecule has 0 radical (unpaired) electrons. The number of fused-ring (bicyclic) bond motifs is 1. The predicted octanol–water partition coefficient (Wildman–Crippen LogP) is 2.28. The Labute approximate surface area is 172 Å². The van der Waals surface area contributed by atoms with Crippen molar-refractivity contribution >= 4 is 11.7 Å². The van der Waals surface area contributed by atoms with Crippen LogP contribution < -0.4 is 10.2 Å². The van der Waals surface area contributed by atoms with Crippen molar-refractivity contribution in [1.82, 2.24) is 20.2 Å². The largest absolute Gasteiger partial charge is 0.355 e. The van der Waals surface area contributed by atoms with Gasteiger partial charge in [0, 0.05) is 56.1 Å². The molecular weight excluding hydrogens is 362 g/mol. The van der Waals surface area contributed by atoms with Gasteiger partial charge in [-0.05, 0) is 32.1 Å². The molecule has 6 nitrogen and oxygen atoms in total. The molecule has 152 valence electrons. The van der Waals surface area contributed by atoms with E-state index >= 15 is 0 Å². The van der Waals surface area contributed by atoms with Gasteiger partial charge in [0.25, 0.3) is 0 Å².